The number of pyridine rings is 1. The summed E-state index contributed by atoms with van der Waals surface area (Å²) in [6, 6.07) is 22.3. The number of nitrogens with zero attached hydrogens (tertiary/aromatic N) is 2. The minimum atomic E-state index is -0.0165. The van der Waals surface area contributed by atoms with Gasteiger partial charge in [-0.1, -0.05) is 30.3 Å². The van der Waals surface area contributed by atoms with E-state index in [4.69, 9.17) is 5.26 Å². The van der Waals surface area contributed by atoms with E-state index in [2.05, 4.69) is 40.2 Å². The van der Waals surface area contributed by atoms with E-state index < -0.39 is 0 Å². The Balaban J connectivity index is 1.42. The Bertz CT molecular complexity index is 1060. The lowest BCUT2D eigenvalue weighted by Gasteiger charge is -2.32. The standard InChI is InChI=1S/C24H23N3O/c25-16-18-3-1-5-21(13-18)22-6-2-4-19(14-22)17-27-11-8-20(9-12-27)23-7-10-26-24(28)15-23/h1-7,10,13-15,20H,8-9,11-12,17H2,(H,26,28). The van der Waals surface area contributed by atoms with Crippen LogP contribution in [0.4, 0.5) is 0 Å². The molecule has 1 fully saturated rings. The van der Waals surface area contributed by atoms with Gasteiger partial charge >= 0.3 is 0 Å². The van der Waals surface area contributed by atoms with Gasteiger partial charge in [0.15, 0.2) is 0 Å². The summed E-state index contributed by atoms with van der Waals surface area (Å²) in [4.78, 5) is 16.7. The van der Waals surface area contributed by atoms with Crippen LogP contribution in [0.25, 0.3) is 11.1 Å². The van der Waals surface area contributed by atoms with Crippen molar-refractivity contribution in [2.24, 2.45) is 0 Å². The Morgan fingerprint density at radius 2 is 1.75 bits per heavy atom. The van der Waals surface area contributed by atoms with Gasteiger partial charge in [0.2, 0.25) is 5.56 Å². The van der Waals surface area contributed by atoms with Gasteiger partial charge in [0, 0.05) is 18.8 Å². The Kier molecular flexibility index (Phi) is 5.36. The number of rotatable bonds is 4. The third kappa shape index (κ3) is 4.21. The number of benzene rings is 2. The smallest absolute Gasteiger partial charge is 0.248 e. The Morgan fingerprint density at radius 1 is 1.00 bits per heavy atom. The molecule has 4 heteroatoms. The number of nitrogens with one attached hydrogen (secondary N) is 1. The predicted molar refractivity (Wildman–Crippen MR) is 111 cm³/mol. The second kappa shape index (κ2) is 8.24. The van der Waals surface area contributed by atoms with E-state index in [-0.39, 0.29) is 5.56 Å². The molecule has 0 saturated carbocycles. The maximum absolute atomic E-state index is 11.5. The molecule has 1 aromatic heterocycles. The lowest BCUT2D eigenvalue weighted by atomic mass is 9.90. The third-order valence-corrected chi connectivity index (χ3v) is 5.52. The van der Waals surface area contributed by atoms with E-state index in [9.17, 15) is 4.79 Å². The lowest BCUT2D eigenvalue weighted by Crippen LogP contribution is -2.32. The molecular weight excluding hydrogens is 346 g/mol. The average Bonchev–Trinajstić information content (AvgIpc) is 2.74. The number of hydrogen-bond acceptors (Lipinski definition) is 3. The molecule has 0 aliphatic carbocycles. The van der Waals surface area contributed by atoms with Crippen molar-refractivity contribution in [1.82, 2.24) is 9.88 Å². The van der Waals surface area contributed by atoms with Gasteiger partial charge in [-0.25, -0.2) is 0 Å². The van der Waals surface area contributed by atoms with E-state index >= 15 is 0 Å². The zero-order valence-corrected chi connectivity index (χ0v) is 15.8. The highest BCUT2D eigenvalue weighted by atomic mass is 16.1. The second-order valence-electron chi connectivity index (χ2n) is 7.43. The van der Waals surface area contributed by atoms with Gasteiger partial charge < -0.3 is 4.98 Å². The van der Waals surface area contributed by atoms with Crippen LogP contribution in [-0.4, -0.2) is 23.0 Å². The van der Waals surface area contributed by atoms with Gasteiger partial charge in [0.25, 0.3) is 0 Å². The van der Waals surface area contributed by atoms with Crippen molar-refractivity contribution in [2.45, 2.75) is 25.3 Å². The van der Waals surface area contributed by atoms with E-state index in [0.717, 1.165) is 49.2 Å². The molecule has 3 aromatic rings. The van der Waals surface area contributed by atoms with Crippen molar-refractivity contribution >= 4 is 0 Å². The fraction of sp³-hybridized carbons (Fsp3) is 0.250. The largest absolute Gasteiger partial charge is 0.329 e. The van der Waals surface area contributed by atoms with Crippen LogP contribution < -0.4 is 5.56 Å². The van der Waals surface area contributed by atoms with Crippen LogP contribution in [0.5, 0.6) is 0 Å². The summed E-state index contributed by atoms with van der Waals surface area (Å²) in [5, 5.41) is 9.12. The molecule has 0 unspecified atom stereocenters. The van der Waals surface area contributed by atoms with Gasteiger partial charge in [-0.15, -0.1) is 0 Å². The minimum absolute atomic E-state index is 0.0165. The number of piperidine rings is 1. The molecule has 1 aliphatic heterocycles. The summed E-state index contributed by atoms with van der Waals surface area (Å²) in [5.74, 6) is 0.471. The average molecular weight is 369 g/mol. The molecule has 2 aromatic carbocycles. The first-order chi connectivity index (χ1) is 13.7. The Hall–Kier alpha value is -3.16. The Morgan fingerprint density at radius 3 is 2.50 bits per heavy atom. The fourth-order valence-electron chi connectivity index (χ4n) is 4.02. The molecule has 0 bridgehead atoms. The van der Waals surface area contributed by atoms with Crippen LogP contribution in [0.2, 0.25) is 0 Å². The lowest BCUT2D eigenvalue weighted by molar-refractivity contribution is 0.204. The zero-order chi connectivity index (χ0) is 19.3. The molecule has 1 aliphatic rings. The molecule has 0 spiro atoms. The molecule has 0 atom stereocenters. The topological polar surface area (TPSA) is 59.9 Å². The van der Waals surface area contributed by atoms with Gasteiger partial charge in [0.1, 0.15) is 0 Å². The number of hydrogen-bond donors (Lipinski definition) is 1. The number of aromatic nitrogens is 1. The first kappa shape index (κ1) is 18.2. The monoisotopic (exact) mass is 369 g/mol. The SMILES string of the molecule is N#Cc1cccc(-c2cccc(CN3CCC(c4cc[nH]c(=O)c4)CC3)c2)c1. The Labute approximate surface area is 165 Å². The zero-order valence-electron chi connectivity index (χ0n) is 15.8. The molecule has 4 nitrogen and oxygen atoms in total. The van der Waals surface area contributed by atoms with Gasteiger partial charge in [-0.2, -0.15) is 5.26 Å². The second-order valence-corrected chi connectivity index (χ2v) is 7.43. The molecule has 1 saturated heterocycles. The van der Waals surface area contributed by atoms with Crippen molar-refractivity contribution in [3.05, 3.63) is 93.9 Å². The first-order valence-corrected chi connectivity index (χ1v) is 9.72. The van der Waals surface area contributed by atoms with Crippen LogP contribution in [0.15, 0.2) is 71.7 Å². The van der Waals surface area contributed by atoms with Crippen molar-refractivity contribution in [3.8, 4) is 17.2 Å². The summed E-state index contributed by atoms with van der Waals surface area (Å²) >= 11 is 0. The van der Waals surface area contributed by atoms with Crippen molar-refractivity contribution < 1.29 is 0 Å². The predicted octanol–water partition coefficient (Wildman–Crippen LogP) is 4.29. The number of aromatic amines is 1. The van der Waals surface area contributed by atoms with E-state index in [1.165, 1.54) is 5.56 Å². The van der Waals surface area contributed by atoms with Crippen LogP contribution in [0, 0.1) is 11.3 Å². The highest BCUT2D eigenvalue weighted by Gasteiger charge is 2.21. The quantitative estimate of drug-likeness (QED) is 0.746. The summed E-state index contributed by atoms with van der Waals surface area (Å²) in [6.07, 6.45) is 3.90. The van der Waals surface area contributed by atoms with Crippen molar-refractivity contribution in [1.29, 1.82) is 5.26 Å². The summed E-state index contributed by atoms with van der Waals surface area (Å²) in [6.45, 7) is 2.99. The van der Waals surface area contributed by atoms with Crippen LogP contribution in [0.1, 0.15) is 35.4 Å². The molecule has 1 N–H and O–H groups in total. The minimum Gasteiger partial charge on any atom is -0.329 e. The number of nitriles is 1. The van der Waals surface area contributed by atoms with E-state index in [1.54, 1.807) is 12.3 Å². The number of likely N-dealkylation sites (tertiary alicyclic amines) is 1. The maximum atomic E-state index is 11.5. The van der Waals surface area contributed by atoms with Crippen molar-refractivity contribution in [2.75, 3.05) is 13.1 Å². The van der Waals surface area contributed by atoms with E-state index in [0.29, 0.717) is 11.5 Å². The van der Waals surface area contributed by atoms with Gasteiger partial charge in [-0.05, 0) is 78.4 Å². The van der Waals surface area contributed by atoms with Crippen LogP contribution in [0.3, 0.4) is 0 Å². The molecule has 0 amide bonds. The van der Waals surface area contributed by atoms with Crippen LogP contribution in [-0.2, 0) is 6.54 Å². The van der Waals surface area contributed by atoms with Gasteiger partial charge in [-0.3, -0.25) is 9.69 Å². The fourth-order valence-corrected chi connectivity index (χ4v) is 4.02. The normalized spacial score (nSPS) is 15.2. The molecule has 4 rings (SSSR count). The maximum Gasteiger partial charge on any atom is 0.248 e. The van der Waals surface area contributed by atoms with Crippen molar-refractivity contribution in [3.63, 3.8) is 0 Å². The molecular formula is C24H23N3O. The van der Waals surface area contributed by atoms with E-state index in [1.807, 2.05) is 30.3 Å². The first-order valence-electron chi connectivity index (χ1n) is 9.72. The number of H-pyrrole nitrogens is 1. The molecule has 0 radical (unpaired) electrons. The highest BCUT2D eigenvalue weighted by molar-refractivity contribution is 5.65. The molecule has 2 heterocycles. The van der Waals surface area contributed by atoms with Gasteiger partial charge in [0.05, 0.1) is 11.6 Å². The molecule has 140 valence electrons. The summed E-state index contributed by atoms with van der Waals surface area (Å²) < 4.78 is 0. The molecule has 28 heavy (non-hydrogen) atoms. The summed E-state index contributed by atoms with van der Waals surface area (Å²) in [5.41, 5.74) is 5.33. The summed E-state index contributed by atoms with van der Waals surface area (Å²) in [7, 11) is 0. The van der Waals surface area contributed by atoms with Crippen LogP contribution >= 0.6 is 0 Å². The third-order valence-electron chi connectivity index (χ3n) is 5.52. The highest BCUT2D eigenvalue weighted by Crippen LogP contribution is 2.28.